The highest BCUT2D eigenvalue weighted by Crippen LogP contribution is 2.40. The SMILES string of the molecule is c1ccc2c(c1)ccc1cc3ccc(-c4cccc5oc6c7ccccc7ccc6c45)cc3cc12. The van der Waals surface area contributed by atoms with Crippen molar-refractivity contribution >= 4 is 65.0 Å². The molecule has 0 bridgehead atoms. The fraction of sp³-hybridized carbons (Fsp3) is 0. The molecule has 0 fully saturated rings. The van der Waals surface area contributed by atoms with Crippen molar-refractivity contribution in [3.8, 4) is 11.1 Å². The minimum atomic E-state index is 0.929. The number of hydrogen-bond donors (Lipinski definition) is 0. The molecule has 0 spiro atoms. The molecule has 0 unspecified atom stereocenters. The number of fused-ring (bicyclic) bond motifs is 9. The standard InChI is InChI=1S/C34H20O/c1-3-8-27-21(6-1)12-14-25-18-23-13-15-24(19-26(23)20-31(25)27)28-10-5-11-32-33(28)30-17-16-22-7-2-4-9-29(22)34(30)35-32/h1-20H. The number of benzene rings is 7. The molecule has 0 radical (unpaired) electrons. The predicted octanol–water partition coefficient (Wildman–Crippen LogP) is 9.87. The molecule has 8 rings (SSSR count). The van der Waals surface area contributed by atoms with E-state index in [1.807, 2.05) is 0 Å². The zero-order valence-electron chi connectivity index (χ0n) is 19.0. The van der Waals surface area contributed by atoms with E-state index in [-0.39, 0.29) is 0 Å². The first kappa shape index (κ1) is 18.8. The Morgan fingerprint density at radius 3 is 2.06 bits per heavy atom. The molecule has 0 atom stereocenters. The lowest BCUT2D eigenvalue weighted by atomic mass is 9.94. The van der Waals surface area contributed by atoms with Crippen molar-refractivity contribution in [1.29, 1.82) is 0 Å². The summed E-state index contributed by atoms with van der Waals surface area (Å²) >= 11 is 0. The molecule has 0 amide bonds. The number of rotatable bonds is 1. The van der Waals surface area contributed by atoms with Gasteiger partial charge in [0.25, 0.3) is 0 Å². The van der Waals surface area contributed by atoms with Crippen LogP contribution in [0.15, 0.2) is 126 Å². The van der Waals surface area contributed by atoms with Gasteiger partial charge in [-0.25, -0.2) is 0 Å². The third kappa shape index (κ3) is 2.70. The Labute approximate surface area is 201 Å². The van der Waals surface area contributed by atoms with Crippen molar-refractivity contribution in [1.82, 2.24) is 0 Å². The molecular weight excluding hydrogens is 424 g/mol. The van der Waals surface area contributed by atoms with Crippen molar-refractivity contribution in [2.24, 2.45) is 0 Å². The second-order valence-corrected chi connectivity index (χ2v) is 9.37. The summed E-state index contributed by atoms with van der Waals surface area (Å²) in [4.78, 5) is 0. The van der Waals surface area contributed by atoms with Gasteiger partial charge in [-0.15, -0.1) is 0 Å². The largest absolute Gasteiger partial charge is 0.455 e. The zero-order chi connectivity index (χ0) is 22.9. The minimum Gasteiger partial charge on any atom is -0.455 e. The molecule has 0 saturated carbocycles. The lowest BCUT2D eigenvalue weighted by molar-refractivity contribution is 0.673. The lowest BCUT2D eigenvalue weighted by Gasteiger charge is -2.09. The first-order valence-electron chi connectivity index (χ1n) is 12.0. The highest BCUT2D eigenvalue weighted by atomic mass is 16.3. The van der Waals surface area contributed by atoms with Gasteiger partial charge in [-0.05, 0) is 79.2 Å². The van der Waals surface area contributed by atoms with Crippen molar-refractivity contribution < 1.29 is 4.42 Å². The maximum atomic E-state index is 6.42. The molecule has 0 N–H and O–H groups in total. The zero-order valence-corrected chi connectivity index (χ0v) is 19.0. The van der Waals surface area contributed by atoms with Crippen LogP contribution >= 0.6 is 0 Å². The molecule has 0 aliphatic rings. The Balaban J connectivity index is 1.42. The molecule has 1 nitrogen and oxygen atoms in total. The molecule has 162 valence electrons. The summed E-state index contributed by atoms with van der Waals surface area (Å²) in [6.07, 6.45) is 0. The van der Waals surface area contributed by atoms with Gasteiger partial charge in [-0.2, -0.15) is 0 Å². The average molecular weight is 445 g/mol. The summed E-state index contributed by atoms with van der Waals surface area (Å²) in [5.41, 5.74) is 4.30. The first-order valence-corrected chi connectivity index (χ1v) is 12.0. The van der Waals surface area contributed by atoms with Crippen LogP contribution in [0.25, 0.3) is 76.2 Å². The van der Waals surface area contributed by atoms with E-state index in [9.17, 15) is 0 Å². The van der Waals surface area contributed by atoms with Crippen molar-refractivity contribution in [3.63, 3.8) is 0 Å². The average Bonchev–Trinajstić information content (AvgIpc) is 3.31. The summed E-state index contributed by atoms with van der Waals surface area (Å²) in [5.74, 6) is 0. The van der Waals surface area contributed by atoms with E-state index in [0.29, 0.717) is 0 Å². The third-order valence-corrected chi connectivity index (χ3v) is 7.40. The van der Waals surface area contributed by atoms with E-state index in [2.05, 4.69) is 121 Å². The Morgan fingerprint density at radius 2 is 1.14 bits per heavy atom. The van der Waals surface area contributed by atoms with Gasteiger partial charge in [0.2, 0.25) is 0 Å². The van der Waals surface area contributed by atoms with Gasteiger partial charge in [0, 0.05) is 16.2 Å². The summed E-state index contributed by atoms with van der Waals surface area (Å²) in [7, 11) is 0. The molecule has 35 heavy (non-hydrogen) atoms. The van der Waals surface area contributed by atoms with Gasteiger partial charge in [-0.3, -0.25) is 0 Å². The van der Waals surface area contributed by atoms with Gasteiger partial charge >= 0.3 is 0 Å². The van der Waals surface area contributed by atoms with Gasteiger partial charge < -0.3 is 4.42 Å². The van der Waals surface area contributed by atoms with Crippen LogP contribution in [0.5, 0.6) is 0 Å². The summed E-state index contributed by atoms with van der Waals surface area (Å²) in [5, 5.41) is 12.4. The van der Waals surface area contributed by atoms with Gasteiger partial charge in [-0.1, -0.05) is 91.0 Å². The summed E-state index contributed by atoms with van der Waals surface area (Å²) in [6.45, 7) is 0. The molecule has 7 aromatic carbocycles. The van der Waals surface area contributed by atoms with Crippen molar-refractivity contribution in [3.05, 3.63) is 121 Å². The number of furan rings is 1. The van der Waals surface area contributed by atoms with Crippen molar-refractivity contribution in [2.45, 2.75) is 0 Å². The van der Waals surface area contributed by atoms with E-state index in [1.165, 1.54) is 59.6 Å². The van der Waals surface area contributed by atoms with Crippen LogP contribution in [0.1, 0.15) is 0 Å². The highest BCUT2D eigenvalue weighted by Gasteiger charge is 2.15. The van der Waals surface area contributed by atoms with Crippen LogP contribution in [0.3, 0.4) is 0 Å². The fourth-order valence-electron chi connectivity index (χ4n) is 5.72. The van der Waals surface area contributed by atoms with Gasteiger partial charge in [0.1, 0.15) is 11.2 Å². The Morgan fingerprint density at radius 1 is 0.400 bits per heavy atom. The van der Waals surface area contributed by atoms with Crippen LogP contribution in [0, 0.1) is 0 Å². The molecule has 1 heterocycles. The Bertz CT molecular complexity index is 2110. The van der Waals surface area contributed by atoms with Crippen LogP contribution in [-0.2, 0) is 0 Å². The molecule has 0 aliphatic carbocycles. The Kier molecular flexibility index (Phi) is 3.72. The van der Waals surface area contributed by atoms with E-state index >= 15 is 0 Å². The van der Waals surface area contributed by atoms with E-state index in [4.69, 9.17) is 4.42 Å². The fourth-order valence-corrected chi connectivity index (χ4v) is 5.72. The normalized spacial score (nSPS) is 12.0. The lowest BCUT2D eigenvalue weighted by Crippen LogP contribution is -1.83. The number of hydrogen-bond acceptors (Lipinski definition) is 1. The molecule has 1 heteroatoms. The van der Waals surface area contributed by atoms with Crippen LogP contribution in [-0.4, -0.2) is 0 Å². The van der Waals surface area contributed by atoms with Gasteiger partial charge in [0.15, 0.2) is 0 Å². The van der Waals surface area contributed by atoms with Crippen LogP contribution < -0.4 is 0 Å². The maximum Gasteiger partial charge on any atom is 0.143 e. The second kappa shape index (κ2) is 6.94. The monoisotopic (exact) mass is 444 g/mol. The summed E-state index contributed by atoms with van der Waals surface area (Å²) < 4.78 is 6.42. The topological polar surface area (TPSA) is 13.1 Å². The third-order valence-electron chi connectivity index (χ3n) is 7.40. The van der Waals surface area contributed by atoms with Crippen molar-refractivity contribution in [2.75, 3.05) is 0 Å². The predicted molar refractivity (Wildman–Crippen MR) is 149 cm³/mol. The van der Waals surface area contributed by atoms with Crippen LogP contribution in [0.4, 0.5) is 0 Å². The first-order chi connectivity index (χ1) is 17.3. The van der Waals surface area contributed by atoms with E-state index < -0.39 is 0 Å². The molecular formula is C34H20O. The highest BCUT2D eigenvalue weighted by molar-refractivity contribution is 6.19. The van der Waals surface area contributed by atoms with E-state index in [1.54, 1.807) is 0 Å². The summed E-state index contributed by atoms with van der Waals surface area (Å²) in [6, 6.07) is 43.8. The van der Waals surface area contributed by atoms with Gasteiger partial charge in [0.05, 0.1) is 0 Å². The van der Waals surface area contributed by atoms with E-state index in [0.717, 1.165) is 16.6 Å². The minimum absolute atomic E-state index is 0.929. The second-order valence-electron chi connectivity index (χ2n) is 9.37. The molecule has 0 aliphatic heterocycles. The smallest absolute Gasteiger partial charge is 0.143 e. The van der Waals surface area contributed by atoms with Crippen LogP contribution in [0.2, 0.25) is 0 Å². The maximum absolute atomic E-state index is 6.42. The molecule has 0 saturated heterocycles. The molecule has 8 aromatic rings. The quantitative estimate of drug-likeness (QED) is 0.181. The Hall–Kier alpha value is -4.62. The molecule has 1 aromatic heterocycles.